The van der Waals surface area contributed by atoms with E-state index in [2.05, 4.69) is 53.2 Å². The zero-order valence-electron chi connectivity index (χ0n) is 15.7. The first-order chi connectivity index (χ1) is 12.1. The zero-order valence-corrected chi connectivity index (χ0v) is 15.7. The molecule has 1 aromatic rings. The molecule has 2 unspecified atom stereocenters. The topological polar surface area (TPSA) is 48.0 Å². The van der Waals surface area contributed by atoms with E-state index in [1.807, 2.05) is 0 Å². The van der Waals surface area contributed by atoms with Crippen LogP contribution in [0.25, 0.3) is 0 Å². The minimum atomic E-state index is -0.117. The van der Waals surface area contributed by atoms with Gasteiger partial charge in [-0.2, -0.15) is 0 Å². The van der Waals surface area contributed by atoms with Crippen molar-refractivity contribution in [3.05, 3.63) is 29.8 Å². The van der Waals surface area contributed by atoms with Gasteiger partial charge in [-0.15, -0.1) is 0 Å². The summed E-state index contributed by atoms with van der Waals surface area (Å²) in [7, 11) is 0. The van der Waals surface area contributed by atoms with Crippen LogP contribution in [-0.4, -0.2) is 68.1 Å². The van der Waals surface area contributed by atoms with Gasteiger partial charge in [0, 0.05) is 50.5 Å². The molecule has 2 saturated heterocycles. The van der Waals surface area contributed by atoms with E-state index in [0.717, 1.165) is 58.8 Å². The van der Waals surface area contributed by atoms with Crippen LogP contribution in [0.3, 0.4) is 0 Å². The van der Waals surface area contributed by atoms with Crippen molar-refractivity contribution >= 4 is 5.69 Å². The fourth-order valence-corrected chi connectivity index (χ4v) is 3.71. The summed E-state index contributed by atoms with van der Waals surface area (Å²) in [5.41, 5.74) is 2.60. The van der Waals surface area contributed by atoms with Gasteiger partial charge in [-0.05, 0) is 44.4 Å². The highest BCUT2D eigenvalue weighted by Gasteiger charge is 2.19. The lowest BCUT2D eigenvalue weighted by Crippen LogP contribution is -2.46. The second-order valence-electron chi connectivity index (χ2n) is 7.44. The van der Waals surface area contributed by atoms with Crippen molar-refractivity contribution in [2.75, 3.05) is 50.8 Å². The summed E-state index contributed by atoms with van der Waals surface area (Å²) >= 11 is 0. The monoisotopic (exact) mass is 347 g/mol. The molecule has 2 fully saturated rings. The Balaban J connectivity index is 1.47. The van der Waals surface area contributed by atoms with Crippen LogP contribution < -0.4 is 10.2 Å². The summed E-state index contributed by atoms with van der Waals surface area (Å²) in [4.78, 5) is 4.87. The number of rotatable bonds is 6. The molecule has 0 saturated carbocycles. The smallest absolute Gasteiger partial charge is 0.0594 e. The summed E-state index contributed by atoms with van der Waals surface area (Å²) in [6.07, 6.45) is 1.63. The molecular weight excluding hydrogens is 314 g/mol. The van der Waals surface area contributed by atoms with E-state index in [4.69, 9.17) is 4.74 Å². The third-order valence-electron chi connectivity index (χ3n) is 5.61. The van der Waals surface area contributed by atoms with E-state index in [0.29, 0.717) is 12.1 Å². The average molecular weight is 348 g/mol. The van der Waals surface area contributed by atoms with Crippen molar-refractivity contribution in [2.45, 2.75) is 44.9 Å². The van der Waals surface area contributed by atoms with Crippen LogP contribution in [0.4, 0.5) is 5.69 Å². The van der Waals surface area contributed by atoms with Crippen LogP contribution in [0.1, 0.15) is 38.3 Å². The van der Waals surface area contributed by atoms with E-state index in [1.54, 1.807) is 0 Å². The molecule has 2 atom stereocenters. The summed E-state index contributed by atoms with van der Waals surface area (Å²) in [6.45, 7) is 11.2. The Morgan fingerprint density at radius 1 is 1.08 bits per heavy atom. The van der Waals surface area contributed by atoms with Gasteiger partial charge in [-0.25, -0.2) is 0 Å². The van der Waals surface area contributed by atoms with Crippen LogP contribution >= 0.6 is 0 Å². The average Bonchev–Trinajstić information content (AvgIpc) is 2.67. The van der Waals surface area contributed by atoms with E-state index in [9.17, 15) is 5.11 Å². The summed E-state index contributed by atoms with van der Waals surface area (Å²) < 4.78 is 5.43. The number of morpholine rings is 1. The first-order valence-corrected chi connectivity index (χ1v) is 9.71. The standard InChI is InChI=1S/C20H33N3O2/c1-16(22-11-13-25-14-12-22)15-21-17(2)18-3-5-19(6-4-18)23-9-7-20(24)8-10-23/h3-6,16-17,20-21,24H,7-15H2,1-2H3. The van der Waals surface area contributed by atoms with Crippen molar-refractivity contribution in [3.63, 3.8) is 0 Å². The van der Waals surface area contributed by atoms with Gasteiger partial charge in [0.25, 0.3) is 0 Å². The minimum absolute atomic E-state index is 0.117. The Kier molecular flexibility index (Phi) is 6.70. The molecule has 2 N–H and O–H groups in total. The fourth-order valence-electron chi connectivity index (χ4n) is 3.71. The molecule has 5 nitrogen and oxygen atoms in total. The maximum absolute atomic E-state index is 9.64. The Labute approximate surface area is 152 Å². The molecule has 0 aromatic heterocycles. The summed E-state index contributed by atoms with van der Waals surface area (Å²) in [6, 6.07) is 9.79. The van der Waals surface area contributed by atoms with Crippen LogP contribution in [0.15, 0.2) is 24.3 Å². The molecular formula is C20H33N3O2. The summed E-state index contributed by atoms with van der Waals surface area (Å²) in [5, 5.41) is 13.3. The Morgan fingerprint density at radius 3 is 2.36 bits per heavy atom. The number of anilines is 1. The van der Waals surface area contributed by atoms with Crippen molar-refractivity contribution in [1.82, 2.24) is 10.2 Å². The van der Waals surface area contributed by atoms with Gasteiger partial charge in [0.15, 0.2) is 0 Å². The Morgan fingerprint density at radius 2 is 1.72 bits per heavy atom. The zero-order chi connectivity index (χ0) is 17.6. The fraction of sp³-hybridized carbons (Fsp3) is 0.700. The molecule has 0 amide bonds. The Hall–Kier alpha value is -1.14. The number of nitrogens with one attached hydrogen (secondary N) is 1. The van der Waals surface area contributed by atoms with Crippen LogP contribution in [0.2, 0.25) is 0 Å². The third kappa shape index (κ3) is 5.17. The third-order valence-corrected chi connectivity index (χ3v) is 5.61. The summed E-state index contributed by atoms with van der Waals surface area (Å²) in [5.74, 6) is 0. The predicted molar refractivity (Wildman–Crippen MR) is 102 cm³/mol. The molecule has 5 heteroatoms. The van der Waals surface area contributed by atoms with Gasteiger partial charge in [0.2, 0.25) is 0 Å². The largest absolute Gasteiger partial charge is 0.393 e. The molecule has 0 bridgehead atoms. The molecule has 0 radical (unpaired) electrons. The van der Waals surface area contributed by atoms with Gasteiger partial charge in [-0.3, -0.25) is 4.90 Å². The number of aliphatic hydroxyl groups is 1. The van der Waals surface area contributed by atoms with E-state index < -0.39 is 0 Å². The van der Waals surface area contributed by atoms with Crippen molar-refractivity contribution in [2.24, 2.45) is 0 Å². The maximum atomic E-state index is 9.64. The lowest BCUT2D eigenvalue weighted by Gasteiger charge is -2.33. The van der Waals surface area contributed by atoms with E-state index in [-0.39, 0.29) is 6.10 Å². The first kappa shape index (κ1) is 18.6. The molecule has 2 aliphatic heterocycles. The number of aliphatic hydroxyl groups excluding tert-OH is 1. The van der Waals surface area contributed by atoms with Crippen LogP contribution in [0, 0.1) is 0 Å². The predicted octanol–water partition coefficient (Wildman–Crippen LogP) is 2.02. The van der Waals surface area contributed by atoms with Crippen LogP contribution in [-0.2, 0) is 4.74 Å². The number of piperidine rings is 1. The number of ether oxygens (including phenoxy) is 1. The number of nitrogens with zero attached hydrogens (tertiary/aromatic N) is 2. The molecule has 2 aliphatic rings. The number of hydrogen-bond donors (Lipinski definition) is 2. The molecule has 3 rings (SSSR count). The van der Waals surface area contributed by atoms with Crippen LogP contribution in [0.5, 0.6) is 0 Å². The Bertz CT molecular complexity index is 508. The SMILES string of the molecule is CC(NCC(C)N1CCOCC1)c1ccc(N2CCC(O)CC2)cc1. The highest BCUT2D eigenvalue weighted by molar-refractivity contribution is 5.48. The second kappa shape index (κ2) is 8.99. The lowest BCUT2D eigenvalue weighted by molar-refractivity contribution is 0.0200. The van der Waals surface area contributed by atoms with Crippen molar-refractivity contribution in [1.29, 1.82) is 0 Å². The molecule has 2 heterocycles. The van der Waals surface area contributed by atoms with E-state index >= 15 is 0 Å². The quantitative estimate of drug-likeness (QED) is 0.824. The molecule has 0 aliphatic carbocycles. The molecule has 140 valence electrons. The van der Waals surface area contributed by atoms with Gasteiger partial charge >= 0.3 is 0 Å². The van der Waals surface area contributed by atoms with Crippen molar-refractivity contribution in [3.8, 4) is 0 Å². The molecule has 25 heavy (non-hydrogen) atoms. The van der Waals surface area contributed by atoms with Gasteiger partial charge in [0.05, 0.1) is 19.3 Å². The van der Waals surface area contributed by atoms with Crippen molar-refractivity contribution < 1.29 is 9.84 Å². The second-order valence-corrected chi connectivity index (χ2v) is 7.44. The maximum Gasteiger partial charge on any atom is 0.0594 e. The minimum Gasteiger partial charge on any atom is -0.393 e. The first-order valence-electron chi connectivity index (χ1n) is 9.71. The highest BCUT2D eigenvalue weighted by atomic mass is 16.5. The highest BCUT2D eigenvalue weighted by Crippen LogP contribution is 2.22. The van der Waals surface area contributed by atoms with Gasteiger partial charge in [-0.1, -0.05) is 12.1 Å². The normalized spacial score (nSPS) is 22.8. The number of benzene rings is 1. The van der Waals surface area contributed by atoms with E-state index in [1.165, 1.54) is 11.3 Å². The van der Waals surface area contributed by atoms with Gasteiger partial charge in [0.1, 0.15) is 0 Å². The molecule has 1 aromatic carbocycles. The van der Waals surface area contributed by atoms with Gasteiger partial charge < -0.3 is 20.1 Å². The lowest BCUT2D eigenvalue weighted by atomic mass is 10.0. The number of hydrogen-bond acceptors (Lipinski definition) is 5. The molecule has 0 spiro atoms.